The molecule has 10 nitrogen and oxygen atoms in total. The van der Waals surface area contributed by atoms with Gasteiger partial charge >= 0.3 is 0 Å². The van der Waals surface area contributed by atoms with Gasteiger partial charge in [-0.3, -0.25) is 10.1 Å². The quantitative estimate of drug-likeness (QED) is 0.221. The van der Waals surface area contributed by atoms with Gasteiger partial charge in [0.05, 0.1) is 10.6 Å². The minimum Gasteiger partial charge on any atom is -0.368 e. The summed E-state index contributed by atoms with van der Waals surface area (Å²) in [5.41, 5.74) is 4.54. The molecule has 0 fully saturated rings. The molecular weight excluding hydrogens is 444 g/mol. The molecule has 5 aromatic rings. The number of nitrogens with zero attached hydrogens (tertiary/aromatic N) is 5. The minimum atomic E-state index is -0.362. The molecule has 0 bridgehead atoms. The summed E-state index contributed by atoms with van der Waals surface area (Å²) in [6.45, 7) is 1.45. The van der Waals surface area contributed by atoms with Crippen LogP contribution in [0.25, 0.3) is 33.2 Å². The second kappa shape index (κ2) is 9.07. The van der Waals surface area contributed by atoms with Crippen LogP contribution in [0.3, 0.4) is 0 Å². The standard InChI is InChI=1S/C25H26N8O2/c1-31(2)12-13-32(3)21-9-8-16(14-22(21)33(34)35)28-25-29-23(18-10-11-26-24(18)30-25)19-15-27-20-7-5-4-6-17(19)20/h4-11,14-15,27H,12-13H2,1-3H3,(H2,26,28,29,30). The Bertz CT molecular complexity index is 1520. The van der Waals surface area contributed by atoms with Crippen LogP contribution in [0.4, 0.5) is 23.0 Å². The molecule has 178 valence electrons. The largest absolute Gasteiger partial charge is 0.368 e. The lowest BCUT2D eigenvalue weighted by Gasteiger charge is -2.21. The van der Waals surface area contributed by atoms with E-state index in [2.05, 4.69) is 20.3 Å². The predicted molar refractivity (Wildman–Crippen MR) is 139 cm³/mol. The number of hydrogen-bond donors (Lipinski definition) is 3. The van der Waals surface area contributed by atoms with E-state index in [9.17, 15) is 10.1 Å². The van der Waals surface area contributed by atoms with Crippen molar-refractivity contribution >= 4 is 44.9 Å². The first kappa shape index (κ1) is 22.4. The molecule has 2 aromatic carbocycles. The summed E-state index contributed by atoms with van der Waals surface area (Å²) in [6.07, 6.45) is 3.76. The molecular formula is C25H26N8O2. The molecule has 0 aliphatic heterocycles. The third kappa shape index (κ3) is 4.38. The normalized spacial score (nSPS) is 11.4. The van der Waals surface area contributed by atoms with Crippen molar-refractivity contribution in [1.29, 1.82) is 0 Å². The number of nitrogens with one attached hydrogen (secondary N) is 3. The van der Waals surface area contributed by atoms with Gasteiger partial charge in [-0.05, 0) is 38.4 Å². The molecule has 0 unspecified atom stereocenters. The van der Waals surface area contributed by atoms with Gasteiger partial charge in [-0.1, -0.05) is 18.2 Å². The van der Waals surface area contributed by atoms with Crippen molar-refractivity contribution in [3.63, 3.8) is 0 Å². The zero-order valence-corrected chi connectivity index (χ0v) is 19.7. The number of nitro benzene ring substituents is 1. The van der Waals surface area contributed by atoms with Crippen molar-refractivity contribution in [1.82, 2.24) is 24.8 Å². The Kier molecular flexibility index (Phi) is 5.79. The number of benzene rings is 2. The maximum absolute atomic E-state index is 11.8. The van der Waals surface area contributed by atoms with Crippen LogP contribution < -0.4 is 10.2 Å². The molecule has 0 saturated carbocycles. The van der Waals surface area contributed by atoms with Crippen molar-refractivity contribution in [2.75, 3.05) is 44.4 Å². The molecule has 10 heteroatoms. The first-order valence-corrected chi connectivity index (χ1v) is 11.2. The lowest BCUT2D eigenvalue weighted by atomic mass is 10.1. The van der Waals surface area contributed by atoms with Gasteiger partial charge in [0.1, 0.15) is 11.3 Å². The smallest absolute Gasteiger partial charge is 0.294 e. The van der Waals surface area contributed by atoms with Gasteiger partial charge in [-0.15, -0.1) is 0 Å². The van der Waals surface area contributed by atoms with Gasteiger partial charge < -0.3 is 25.1 Å². The fraction of sp³-hybridized carbons (Fsp3) is 0.200. The number of H-pyrrole nitrogens is 2. The summed E-state index contributed by atoms with van der Waals surface area (Å²) >= 11 is 0. The van der Waals surface area contributed by atoms with E-state index in [0.717, 1.165) is 34.1 Å². The summed E-state index contributed by atoms with van der Waals surface area (Å²) in [4.78, 5) is 31.2. The molecule has 35 heavy (non-hydrogen) atoms. The topological polar surface area (TPSA) is 119 Å². The third-order valence-corrected chi connectivity index (χ3v) is 5.98. The van der Waals surface area contributed by atoms with E-state index in [1.807, 2.05) is 79.7 Å². The van der Waals surface area contributed by atoms with Crippen molar-refractivity contribution in [2.45, 2.75) is 0 Å². The predicted octanol–water partition coefficient (Wildman–Crippen LogP) is 4.76. The van der Waals surface area contributed by atoms with Crippen LogP contribution in [-0.2, 0) is 0 Å². The zero-order chi connectivity index (χ0) is 24.5. The van der Waals surface area contributed by atoms with Gasteiger partial charge in [0.2, 0.25) is 5.95 Å². The molecule has 5 rings (SSSR count). The molecule has 0 spiro atoms. The number of anilines is 3. The molecule has 0 saturated heterocycles. The highest BCUT2D eigenvalue weighted by molar-refractivity contribution is 6.02. The summed E-state index contributed by atoms with van der Waals surface area (Å²) in [5, 5.41) is 17.0. The Morgan fingerprint density at radius 1 is 1.00 bits per heavy atom. The number of likely N-dealkylation sites (N-methyl/N-ethyl adjacent to an activating group) is 2. The summed E-state index contributed by atoms with van der Waals surface area (Å²) in [6, 6.07) is 15.1. The molecule has 0 amide bonds. The summed E-state index contributed by atoms with van der Waals surface area (Å²) in [5.74, 6) is 0.350. The minimum absolute atomic E-state index is 0.0223. The maximum Gasteiger partial charge on any atom is 0.294 e. The van der Waals surface area contributed by atoms with Crippen LogP contribution in [0.2, 0.25) is 0 Å². The average Bonchev–Trinajstić information content (AvgIpc) is 3.49. The van der Waals surface area contributed by atoms with Gasteiger partial charge in [0.25, 0.3) is 5.69 Å². The molecule has 0 aliphatic carbocycles. The van der Waals surface area contributed by atoms with E-state index < -0.39 is 0 Å². The Morgan fingerprint density at radius 3 is 2.63 bits per heavy atom. The Labute approximate surface area is 201 Å². The molecule has 3 heterocycles. The molecule has 3 aromatic heterocycles. The van der Waals surface area contributed by atoms with E-state index in [4.69, 9.17) is 4.98 Å². The van der Waals surface area contributed by atoms with Gasteiger partial charge in [0, 0.05) is 66.1 Å². The first-order valence-electron chi connectivity index (χ1n) is 11.2. The van der Waals surface area contributed by atoms with Crippen LogP contribution >= 0.6 is 0 Å². The van der Waals surface area contributed by atoms with E-state index >= 15 is 0 Å². The first-order chi connectivity index (χ1) is 16.9. The van der Waals surface area contributed by atoms with Crippen molar-refractivity contribution < 1.29 is 4.92 Å². The number of hydrogen-bond acceptors (Lipinski definition) is 7. The molecule has 0 aliphatic rings. The summed E-state index contributed by atoms with van der Waals surface area (Å²) < 4.78 is 0. The van der Waals surface area contributed by atoms with E-state index in [-0.39, 0.29) is 10.6 Å². The van der Waals surface area contributed by atoms with Crippen LogP contribution in [-0.4, -0.2) is 64.0 Å². The highest BCUT2D eigenvalue weighted by Crippen LogP contribution is 2.34. The molecule has 3 N–H and O–H groups in total. The Balaban J connectivity index is 1.51. The van der Waals surface area contributed by atoms with Crippen LogP contribution in [0.15, 0.2) is 60.9 Å². The number of nitro groups is 1. The van der Waals surface area contributed by atoms with Gasteiger partial charge in [-0.2, -0.15) is 4.98 Å². The highest BCUT2D eigenvalue weighted by Gasteiger charge is 2.19. The van der Waals surface area contributed by atoms with Gasteiger partial charge in [0.15, 0.2) is 0 Å². The lowest BCUT2D eigenvalue weighted by molar-refractivity contribution is -0.384. The number of aromatic nitrogens is 4. The number of rotatable bonds is 8. The zero-order valence-electron chi connectivity index (χ0n) is 19.7. The number of fused-ring (bicyclic) bond motifs is 2. The second-order valence-electron chi connectivity index (χ2n) is 8.69. The number of aromatic amines is 2. The van der Waals surface area contributed by atoms with Crippen molar-refractivity contribution in [3.8, 4) is 11.3 Å². The third-order valence-electron chi connectivity index (χ3n) is 5.98. The fourth-order valence-corrected chi connectivity index (χ4v) is 4.14. The monoisotopic (exact) mass is 470 g/mol. The highest BCUT2D eigenvalue weighted by atomic mass is 16.6. The van der Waals surface area contributed by atoms with Crippen LogP contribution in [0, 0.1) is 10.1 Å². The second-order valence-corrected chi connectivity index (χ2v) is 8.69. The number of para-hydroxylation sites is 1. The van der Waals surface area contributed by atoms with E-state index in [1.165, 1.54) is 6.07 Å². The molecule has 0 radical (unpaired) electrons. The fourth-order valence-electron chi connectivity index (χ4n) is 4.14. The Hall–Kier alpha value is -4.44. The summed E-state index contributed by atoms with van der Waals surface area (Å²) in [7, 11) is 5.80. The molecule has 0 atom stereocenters. The Morgan fingerprint density at radius 2 is 1.83 bits per heavy atom. The van der Waals surface area contributed by atoms with Crippen molar-refractivity contribution in [3.05, 3.63) is 71.0 Å². The average molecular weight is 471 g/mol. The van der Waals surface area contributed by atoms with Gasteiger partial charge in [-0.25, -0.2) is 4.98 Å². The van der Waals surface area contributed by atoms with Crippen LogP contribution in [0.5, 0.6) is 0 Å². The SMILES string of the molecule is CN(C)CCN(C)c1ccc(Nc2nc(-c3c[nH]c4ccccc34)c3cc[nH]c3n2)cc1[N+](=O)[O-]. The van der Waals surface area contributed by atoms with Crippen molar-refractivity contribution in [2.24, 2.45) is 0 Å². The van der Waals surface area contributed by atoms with Crippen LogP contribution in [0.1, 0.15) is 0 Å². The lowest BCUT2D eigenvalue weighted by Crippen LogP contribution is -2.28. The maximum atomic E-state index is 11.8. The van der Waals surface area contributed by atoms with E-state index in [1.54, 1.807) is 6.07 Å². The van der Waals surface area contributed by atoms with E-state index in [0.29, 0.717) is 29.5 Å².